The summed E-state index contributed by atoms with van der Waals surface area (Å²) in [6.07, 6.45) is 0. The van der Waals surface area contributed by atoms with Crippen LogP contribution in [0.2, 0.25) is 0 Å². The van der Waals surface area contributed by atoms with E-state index in [2.05, 4.69) is 12.2 Å². The molecule has 24 valence electrons. The van der Waals surface area contributed by atoms with Crippen LogP contribution in [-0.2, 0) is 0 Å². The van der Waals surface area contributed by atoms with Gasteiger partial charge in [-0.25, -0.2) is 0 Å². The minimum Gasteiger partial charge on any atom is -0.0768 e. The van der Waals surface area contributed by atoms with Crippen molar-refractivity contribution in [2.45, 2.75) is 6.92 Å². The molecule has 0 N–H and O–H groups in total. The van der Waals surface area contributed by atoms with Gasteiger partial charge in [0.05, 0.1) is 4.32 Å². The molecule has 0 unspecified atom stereocenters. The Hall–Kier alpha value is 0.380. The van der Waals surface area contributed by atoms with Gasteiger partial charge in [0, 0.05) is 0 Å². The van der Waals surface area contributed by atoms with Crippen LogP contribution in [-0.4, -0.2) is 4.32 Å². The van der Waals surface area contributed by atoms with Gasteiger partial charge in [-0.3, -0.25) is 0 Å². The molecule has 0 aliphatic heterocycles. The Labute approximate surface area is 35.8 Å². The van der Waals surface area contributed by atoms with Crippen LogP contribution in [0.5, 0.6) is 0 Å². The minimum absolute atomic E-state index is 0.472. The summed E-state index contributed by atoms with van der Waals surface area (Å²) < 4.78 is 0.472. The zero-order chi connectivity index (χ0) is 3.58. The summed E-state index contributed by atoms with van der Waals surface area (Å²) in [5.41, 5.74) is 0. The van der Waals surface area contributed by atoms with Gasteiger partial charge in [-0.2, -0.15) is 0 Å². The van der Waals surface area contributed by atoms with E-state index in [0.29, 0.717) is 4.32 Å². The summed E-state index contributed by atoms with van der Waals surface area (Å²) in [4.78, 5) is 0. The number of halogens is 1. The molecule has 4 heavy (non-hydrogen) atoms. The van der Waals surface area contributed by atoms with Crippen molar-refractivity contribution in [1.82, 2.24) is 0 Å². The molecule has 0 radical (unpaired) electrons. The van der Waals surface area contributed by atoms with E-state index < -0.39 is 0 Å². The molecule has 0 fully saturated rings. The van der Waals surface area contributed by atoms with E-state index in [1.807, 2.05) is 0 Å². The van der Waals surface area contributed by atoms with Crippen LogP contribution in [0.15, 0.2) is 0 Å². The number of hydrogen-bond acceptors (Lipinski definition) is 1. The third-order valence-electron chi connectivity index (χ3n) is 0. The van der Waals surface area contributed by atoms with E-state index in [4.69, 9.17) is 11.6 Å². The number of hydrogen-bond donors (Lipinski definition) is 0. The molecule has 0 amide bonds. The normalized spacial score (nSPS) is 6.50. The zero-order valence-corrected chi connectivity index (χ0v) is 3.86. The molecule has 0 aromatic rings. The van der Waals surface area contributed by atoms with Crippen molar-refractivity contribution in [1.29, 1.82) is 0 Å². The summed E-state index contributed by atoms with van der Waals surface area (Å²) in [7, 11) is 0. The average molecular weight is 94.6 g/mol. The van der Waals surface area contributed by atoms with Crippen LogP contribution in [0.25, 0.3) is 0 Å². The summed E-state index contributed by atoms with van der Waals surface area (Å²) in [6.45, 7) is 1.66. The molecule has 0 aromatic heterocycles. The Morgan fingerprint density at radius 1 is 2.00 bits per heavy atom. The molecule has 2 heteroatoms. The van der Waals surface area contributed by atoms with Crippen LogP contribution in [0, 0.1) is 0 Å². The van der Waals surface area contributed by atoms with Gasteiger partial charge in [0.15, 0.2) is 0 Å². The Balaban J connectivity index is 2.80. The first kappa shape index (κ1) is 4.38. The second-order valence-electron chi connectivity index (χ2n) is 0.470. The zero-order valence-electron chi connectivity index (χ0n) is 2.29. The van der Waals surface area contributed by atoms with Crippen LogP contribution in [0.1, 0.15) is 6.92 Å². The maximum absolute atomic E-state index is 5.01. The highest BCUT2D eigenvalue weighted by molar-refractivity contribution is 7.83. The molecule has 0 saturated heterocycles. The molecule has 0 atom stereocenters. The van der Waals surface area contributed by atoms with Gasteiger partial charge in [0.2, 0.25) is 0 Å². The molecule has 0 aliphatic carbocycles. The van der Waals surface area contributed by atoms with Crippen molar-refractivity contribution in [2.75, 3.05) is 0 Å². The van der Waals surface area contributed by atoms with E-state index in [9.17, 15) is 0 Å². The maximum atomic E-state index is 5.01. The van der Waals surface area contributed by atoms with Gasteiger partial charge in [-0.05, 0) is 6.92 Å². The Morgan fingerprint density at radius 2 is 2.00 bits per heavy atom. The fourth-order valence-electron chi connectivity index (χ4n) is 0. The standard InChI is InChI=1S/C2H3ClS/c1-2(3)4/h1H3. The van der Waals surface area contributed by atoms with Crippen molar-refractivity contribution >= 4 is 28.1 Å². The summed E-state index contributed by atoms with van der Waals surface area (Å²) in [6, 6.07) is 0. The fourth-order valence-corrected chi connectivity index (χ4v) is 0. The molecule has 0 aliphatic rings. The van der Waals surface area contributed by atoms with Crippen LogP contribution >= 0.6 is 23.8 Å². The summed E-state index contributed by atoms with van der Waals surface area (Å²) in [5.74, 6) is 0. The third kappa shape index (κ3) is 31.4. The second-order valence-corrected chi connectivity index (χ2v) is 1.87. The van der Waals surface area contributed by atoms with Gasteiger partial charge in [0.25, 0.3) is 0 Å². The predicted molar refractivity (Wildman–Crippen MR) is 24.1 cm³/mol. The highest BCUT2D eigenvalue weighted by Crippen LogP contribution is 1.75. The smallest absolute Gasteiger partial charge is 0.0768 e. The van der Waals surface area contributed by atoms with Gasteiger partial charge in [0.1, 0.15) is 0 Å². The summed E-state index contributed by atoms with van der Waals surface area (Å²) in [5, 5.41) is 0. The van der Waals surface area contributed by atoms with Gasteiger partial charge < -0.3 is 0 Å². The van der Waals surface area contributed by atoms with E-state index in [-0.39, 0.29) is 0 Å². The first-order valence-electron chi connectivity index (χ1n) is 0.893. The van der Waals surface area contributed by atoms with Crippen molar-refractivity contribution in [2.24, 2.45) is 0 Å². The second kappa shape index (κ2) is 1.68. The molecule has 0 aromatic carbocycles. The van der Waals surface area contributed by atoms with Gasteiger partial charge in [-0.15, -0.1) is 0 Å². The molecule has 0 bridgehead atoms. The number of rotatable bonds is 0. The predicted octanol–water partition coefficient (Wildman–Crippen LogP) is 1.57. The largest absolute Gasteiger partial charge is 0.0777 e. The third-order valence-corrected chi connectivity index (χ3v) is 0. The molecule has 0 spiro atoms. The first-order chi connectivity index (χ1) is 1.73. The van der Waals surface area contributed by atoms with Crippen LogP contribution in [0.3, 0.4) is 0 Å². The summed E-state index contributed by atoms with van der Waals surface area (Å²) >= 11 is 9.31. The molecule has 0 saturated carbocycles. The minimum atomic E-state index is 0.472. The highest BCUT2D eigenvalue weighted by Gasteiger charge is 1.60. The fraction of sp³-hybridized carbons (Fsp3) is 0.500. The van der Waals surface area contributed by atoms with E-state index in [0.717, 1.165) is 0 Å². The Morgan fingerprint density at radius 3 is 2.00 bits per heavy atom. The topological polar surface area (TPSA) is 0 Å². The lowest BCUT2D eigenvalue weighted by Crippen LogP contribution is -1.54. The van der Waals surface area contributed by atoms with E-state index in [1.54, 1.807) is 6.92 Å². The lowest BCUT2D eigenvalue weighted by molar-refractivity contribution is 2.11. The molecule has 0 nitrogen and oxygen atoms in total. The lowest BCUT2D eigenvalue weighted by atomic mass is 11.0. The monoisotopic (exact) mass is 94.0 g/mol. The molecule has 0 rings (SSSR count). The SMILES string of the molecule is CC(=S)Cl. The van der Waals surface area contributed by atoms with Crippen LogP contribution in [0.4, 0.5) is 0 Å². The molecule has 0 heterocycles. The Bertz CT molecular complexity index is 29.0. The number of thiocarbonyl (C=S) groups is 1. The van der Waals surface area contributed by atoms with Crippen molar-refractivity contribution in [3.63, 3.8) is 0 Å². The van der Waals surface area contributed by atoms with Gasteiger partial charge >= 0.3 is 0 Å². The van der Waals surface area contributed by atoms with Gasteiger partial charge in [-0.1, -0.05) is 23.8 Å². The molecular formula is C2H3ClS. The first-order valence-corrected chi connectivity index (χ1v) is 1.68. The van der Waals surface area contributed by atoms with Crippen molar-refractivity contribution < 1.29 is 0 Å². The lowest BCUT2D eigenvalue weighted by Gasteiger charge is -1.57. The van der Waals surface area contributed by atoms with Crippen molar-refractivity contribution in [3.8, 4) is 0 Å². The quantitative estimate of drug-likeness (QED) is 0.324. The average Bonchev–Trinajstić information content (AvgIpc) is 0.811. The maximum Gasteiger partial charge on any atom is 0.0777 e. The van der Waals surface area contributed by atoms with E-state index >= 15 is 0 Å². The van der Waals surface area contributed by atoms with Crippen molar-refractivity contribution in [3.05, 3.63) is 0 Å². The Kier molecular flexibility index (Phi) is 1.84. The molecular weight excluding hydrogens is 91.5 g/mol. The van der Waals surface area contributed by atoms with Crippen LogP contribution < -0.4 is 0 Å². The van der Waals surface area contributed by atoms with E-state index in [1.165, 1.54) is 0 Å². The highest BCUT2D eigenvalue weighted by atomic mass is 35.5.